The second-order valence-electron chi connectivity index (χ2n) is 3.37. The highest BCUT2D eigenvalue weighted by Gasteiger charge is 2.24. The molecule has 0 saturated heterocycles. The fourth-order valence-corrected chi connectivity index (χ4v) is 1.87. The van der Waals surface area contributed by atoms with E-state index >= 15 is 0 Å². The molecule has 15 heavy (non-hydrogen) atoms. The van der Waals surface area contributed by atoms with Crippen molar-refractivity contribution >= 4 is 29.2 Å². The van der Waals surface area contributed by atoms with E-state index in [4.69, 9.17) is 28.3 Å². The molecule has 0 aliphatic rings. The number of benzene rings is 1. The van der Waals surface area contributed by atoms with E-state index in [1.54, 1.807) is 31.1 Å². The molecule has 1 aromatic rings. The van der Waals surface area contributed by atoms with Gasteiger partial charge in [-0.3, -0.25) is 9.69 Å². The third-order valence-electron chi connectivity index (χ3n) is 2.01. The molecule has 3 nitrogen and oxygen atoms in total. The number of carbonyl (C=O) groups is 1. The van der Waals surface area contributed by atoms with Crippen LogP contribution in [0.5, 0.6) is 0 Å². The second kappa shape index (κ2) is 4.84. The molecule has 0 spiro atoms. The molecule has 0 aliphatic carbocycles. The van der Waals surface area contributed by atoms with Crippen molar-refractivity contribution in [2.45, 2.75) is 6.04 Å². The highest BCUT2D eigenvalue weighted by Crippen LogP contribution is 2.28. The molecule has 0 saturated carbocycles. The molecule has 0 amide bonds. The van der Waals surface area contributed by atoms with Gasteiger partial charge in [0.1, 0.15) is 6.04 Å². The standard InChI is InChI=1S/C10H11Cl2NO2/c1-13(2)9(10(14)15)7-4-3-6(11)5-8(7)12/h3-5,9H,1-2H3,(H,14,15)/t9-/m0/s1. The number of likely N-dealkylation sites (N-methyl/N-ethyl adjacent to an activating group) is 1. The first-order valence-electron chi connectivity index (χ1n) is 4.27. The Kier molecular flexibility index (Phi) is 3.97. The van der Waals surface area contributed by atoms with Crippen LogP contribution in [0.4, 0.5) is 0 Å². The molecule has 1 atom stereocenters. The Morgan fingerprint density at radius 2 is 2.00 bits per heavy atom. The van der Waals surface area contributed by atoms with Gasteiger partial charge in [-0.05, 0) is 31.8 Å². The maximum absolute atomic E-state index is 11.0. The molecular weight excluding hydrogens is 237 g/mol. The van der Waals surface area contributed by atoms with Crippen molar-refractivity contribution in [3.8, 4) is 0 Å². The van der Waals surface area contributed by atoms with E-state index in [1.807, 2.05) is 0 Å². The Morgan fingerprint density at radius 1 is 1.40 bits per heavy atom. The monoisotopic (exact) mass is 247 g/mol. The number of nitrogens with zero attached hydrogens (tertiary/aromatic N) is 1. The Balaban J connectivity index is 3.17. The van der Waals surface area contributed by atoms with Crippen LogP contribution < -0.4 is 0 Å². The fraction of sp³-hybridized carbons (Fsp3) is 0.300. The van der Waals surface area contributed by atoms with Crippen molar-refractivity contribution in [2.24, 2.45) is 0 Å². The zero-order valence-corrected chi connectivity index (χ0v) is 9.88. The summed E-state index contributed by atoms with van der Waals surface area (Å²) in [6, 6.07) is 4.04. The van der Waals surface area contributed by atoms with E-state index in [2.05, 4.69) is 0 Å². The van der Waals surface area contributed by atoms with Crippen LogP contribution >= 0.6 is 23.2 Å². The van der Waals surface area contributed by atoms with E-state index in [9.17, 15) is 4.79 Å². The van der Waals surface area contributed by atoms with Crippen LogP contribution in [0.2, 0.25) is 10.0 Å². The summed E-state index contributed by atoms with van der Waals surface area (Å²) >= 11 is 11.7. The first-order valence-corrected chi connectivity index (χ1v) is 5.03. The van der Waals surface area contributed by atoms with Crippen molar-refractivity contribution in [3.63, 3.8) is 0 Å². The lowest BCUT2D eigenvalue weighted by molar-refractivity contribution is -0.142. The number of rotatable bonds is 3. The summed E-state index contributed by atoms with van der Waals surface area (Å²) in [5, 5.41) is 9.91. The van der Waals surface area contributed by atoms with Gasteiger partial charge in [-0.1, -0.05) is 29.3 Å². The lowest BCUT2D eigenvalue weighted by atomic mass is 10.1. The van der Waals surface area contributed by atoms with Crippen LogP contribution in [0.15, 0.2) is 18.2 Å². The van der Waals surface area contributed by atoms with Crippen molar-refractivity contribution in [1.29, 1.82) is 0 Å². The molecular formula is C10H11Cl2NO2. The van der Waals surface area contributed by atoms with Crippen LogP contribution in [0, 0.1) is 0 Å². The average molecular weight is 248 g/mol. The molecule has 0 aliphatic heterocycles. The number of aliphatic carboxylic acids is 1. The summed E-state index contributed by atoms with van der Waals surface area (Å²) in [7, 11) is 3.37. The Labute approximate surface area is 98.2 Å². The van der Waals surface area contributed by atoms with Crippen LogP contribution in [-0.2, 0) is 4.79 Å². The Morgan fingerprint density at radius 3 is 2.40 bits per heavy atom. The van der Waals surface area contributed by atoms with Gasteiger partial charge in [0.25, 0.3) is 0 Å². The van der Waals surface area contributed by atoms with Crippen LogP contribution in [-0.4, -0.2) is 30.1 Å². The van der Waals surface area contributed by atoms with E-state index in [1.165, 1.54) is 6.07 Å². The number of carboxylic acid groups (broad SMARTS) is 1. The van der Waals surface area contributed by atoms with Crippen molar-refractivity contribution in [1.82, 2.24) is 4.90 Å². The number of hydrogen-bond donors (Lipinski definition) is 1. The predicted octanol–water partition coefficient (Wildman–Crippen LogP) is 2.68. The van der Waals surface area contributed by atoms with Crippen molar-refractivity contribution < 1.29 is 9.90 Å². The highest BCUT2D eigenvalue weighted by molar-refractivity contribution is 6.35. The lowest BCUT2D eigenvalue weighted by Gasteiger charge is -2.21. The normalized spacial score (nSPS) is 12.9. The summed E-state index contributed by atoms with van der Waals surface area (Å²) in [5.74, 6) is -0.941. The van der Waals surface area contributed by atoms with Crippen molar-refractivity contribution in [2.75, 3.05) is 14.1 Å². The van der Waals surface area contributed by atoms with Crippen LogP contribution in [0.3, 0.4) is 0 Å². The summed E-state index contributed by atoms with van der Waals surface area (Å²) in [5.41, 5.74) is 0.540. The molecule has 0 unspecified atom stereocenters. The molecule has 1 aromatic carbocycles. The summed E-state index contributed by atoms with van der Waals surface area (Å²) in [6.45, 7) is 0. The van der Waals surface area contributed by atoms with E-state index in [0.717, 1.165) is 0 Å². The largest absolute Gasteiger partial charge is 0.480 e. The number of halogens is 2. The van der Waals surface area contributed by atoms with Crippen LogP contribution in [0.1, 0.15) is 11.6 Å². The van der Waals surface area contributed by atoms with Crippen molar-refractivity contribution in [3.05, 3.63) is 33.8 Å². The first kappa shape index (κ1) is 12.3. The molecule has 0 heterocycles. The lowest BCUT2D eigenvalue weighted by Crippen LogP contribution is -2.27. The topological polar surface area (TPSA) is 40.5 Å². The SMILES string of the molecule is CN(C)[C@H](C(=O)O)c1ccc(Cl)cc1Cl. The predicted molar refractivity (Wildman–Crippen MR) is 60.5 cm³/mol. The maximum Gasteiger partial charge on any atom is 0.325 e. The van der Waals surface area contributed by atoms with Gasteiger partial charge in [0, 0.05) is 10.0 Å². The van der Waals surface area contributed by atoms with E-state index in [0.29, 0.717) is 15.6 Å². The van der Waals surface area contributed by atoms with Gasteiger partial charge in [-0.2, -0.15) is 0 Å². The zero-order chi connectivity index (χ0) is 11.6. The molecule has 82 valence electrons. The van der Waals surface area contributed by atoms with Gasteiger partial charge < -0.3 is 5.11 Å². The zero-order valence-electron chi connectivity index (χ0n) is 8.37. The minimum absolute atomic E-state index is 0.364. The second-order valence-corrected chi connectivity index (χ2v) is 4.21. The minimum Gasteiger partial charge on any atom is -0.480 e. The molecule has 0 fully saturated rings. The molecule has 1 N–H and O–H groups in total. The smallest absolute Gasteiger partial charge is 0.325 e. The van der Waals surface area contributed by atoms with Gasteiger partial charge >= 0.3 is 5.97 Å². The Hall–Kier alpha value is -0.770. The number of carboxylic acids is 1. The quantitative estimate of drug-likeness (QED) is 0.893. The maximum atomic E-state index is 11.0. The average Bonchev–Trinajstić information content (AvgIpc) is 2.08. The van der Waals surface area contributed by atoms with Gasteiger partial charge in [0.2, 0.25) is 0 Å². The summed E-state index contributed by atoms with van der Waals surface area (Å²) in [4.78, 5) is 12.6. The molecule has 0 aromatic heterocycles. The number of hydrogen-bond acceptors (Lipinski definition) is 2. The third kappa shape index (κ3) is 2.84. The third-order valence-corrected chi connectivity index (χ3v) is 2.57. The van der Waals surface area contributed by atoms with Gasteiger partial charge in [-0.25, -0.2) is 0 Å². The van der Waals surface area contributed by atoms with E-state index < -0.39 is 12.0 Å². The summed E-state index contributed by atoms with van der Waals surface area (Å²) in [6.07, 6.45) is 0. The molecule has 0 radical (unpaired) electrons. The first-order chi connectivity index (χ1) is 6.93. The van der Waals surface area contributed by atoms with Crippen LogP contribution in [0.25, 0.3) is 0 Å². The summed E-state index contributed by atoms with van der Waals surface area (Å²) < 4.78 is 0. The highest BCUT2D eigenvalue weighted by atomic mass is 35.5. The van der Waals surface area contributed by atoms with Gasteiger partial charge in [-0.15, -0.1) is 0 Å². The van der Waals surface area contributed by atoms with E-state index in [-0.39, 0.29) is 0 Å². The van der Waals surface area contributed by atoms with Gasteiger partial charge in [0.05, 0.1) is 0 Å². The molecule has 0 bridgehead atoms. The van der Waals surface area contributed by atoms with Gasteiger partial charge in [0.15, 0.2) is 0 Å². The molecule has 5 heteroatoms. The molecule has 1 rings (SSSR count). The fourth-order valence-electron chi connectivity index (χ4n) is 1.36. The Bertz CT molecular complexity index is 380. The minimum atomic E-state index is -0.941.